The second-order valence-electron chi connectivity index (χ2n) is 5.77. The van der Waals surface area contributed by atoms with Gasteiger partial charge in [0.15, 0.2) is 0 Å². The number of carbonyl (C=O) groups is 2. The molecule has 0 radical (unpaired) electrons. The minimum absolute atomic E-state index is 0.0124. The quantitative estimate of drug-likeness (QED) is 0.873. The molecule has 1 heterocycles. The molecule has 120 valence electrons. The number of amides is 3. The third-order valence-electron chi connectivity index (χ3n) is 4.04. The summed E-state index contributed by atoms with van der Waals surface area (Å²) in [7, 11) is 1.61. The van der Waals surface area contributed by atoms with Crippen LogP contribution in [0, 0.1) is 13.8 Å². The van der Waals surface area contributed by atoms with Gasteiger partial charge in [0.2, 0.25) is 5.91 Å². The SMILES string of the molecule is Cc1ccc(N2C[C@@H](NC(=O)N(C)CCO)CC2=O)cc1C. The van der Waals surface area contributed by atoms with Crippen LogP contribution in [-0.4, -0.2) is 54.7 Å². The Kier molecular flexibility index (Phi) is 5.03. The van der Waals surface area contributed by atoms with Crippen LogP contribution in [0.2, 0.25) is 0 Å². The Morgan fingerprint density at radius 1 is 1.41 bits per heavy atom. The first-order valence-corrected chi connectivity index (χ1v) is 7.42. The Labute approximate surface area is 130 Å². The molecule has 1 aromatic rings. The molecule has 0 bridgehead atoms. The summed E-state index contributed by atoms with van der Waals surface area (Å²) in [6.07, 6.45) is 0.297. The molecule has 22 heavy (non-hydrogen) atoms. The highest BCUT2D eigenvalue weighted by Gasteiger charge is 2.32. The van der Waals surface area contributed by atoms with Gasteiger partial charge in [0, 0.05) is 32.2 Å². The van der Waals surface area contributed by atoms with Crippen LogP contribution in [0.4, 0.5) is 10.5 Å². The number of hydrogen-bond donors (Lipinski definition) is 2. The number of nitrogens with one attached hydrogen (secondary N) is 1. The topological polar surface area (TPSA) is 72.9 Å². The zero-order valence-corrected chi connectivity index (χ0v) is 13.3. The molecule has 3 amide bonds. The van der Waals surface area contributed by atoms with Crippen LogP contribution >= 0.6 is 0 Å². The van der Waals surface area contributed by atoms with Crippen LogP contribution in [-0.2, 0) is 4.79 Å². The maximum Gasteiger partial charge on any atom is 0.317 e. The van der Waals surface area contributed by atoms with E-state index in [1.807, 2.05) is 32.0 Å². The Hall–Kier alpha value is -2.08. The van der Waals surface area contributed by atoms with E-state index in [-0.39, 0.29) is 31.1 Å². The summed E-state index contributed by atoms with van der Waals surface area (Å²) in [6.45, 7) is 4.71. The first kappa shape index (κ1) is 16.3. The number of benzene rings is 1. The third-order valence-corrected chi connectivity index (χ3v) is 4.04. The van der Waals surface area contributed by atoms with Crippen molar-refractivity contribution < 1.29 is 14.7 Å². The molecule has 1 aliphatic heterocycles. The number of likely N-dealkylation sites (N-methyl/N-ethyl adjacent to an activating group) is 1. The van der Waals surface area contributed by atoms with Gasteiger partial charge in [0.1, 0.15) is 0 Å². The molecule has 1 saturated heterocycles. The Bertz CT molecular complexity index is 574. The minimum Gasteiger partial charge on any atom is -0.395 e. The number of anilines is 1. The zero-order valence-electron chi connectivity index (χ0n) is 13.3. The number of aliphatic hydroxyl groups is 1. The molecule has 2 N–H and O–H groups in total. The summed E-state index contributed by atoms with van der Waals surface area (Å²) in [5, 5.41) is 11.7. The Balaban J connectivity index is 2.01. The van der Waals surface area contributed by atoms with Crippen LogP contribution in [0.15, 0.2) is 18.2 Å². The summed E-state index contributed by atoms with van der Waals surface area (Å²) >= 11 is 0. The van der Waals surface area contributed by atoms with Gasteiger partial charge in [-0.3, -0.25) is 4.79 Å². The van der Waals surface area contributed by atoms with Crippen molar-refractivity contribution in [1.29, 1.82) is 0 Å². The maximum absolute atomic E-state index is 12.2. The number of urea groups is 1. The van der Waals surface area contributed by atoms with Crippen molar-refractivity contribution in [2.45, 2.75) is 26.3 Å². The smallest absolute Gasteiger partial charge is 0.317 e. The standard InChI is InChI=1S/C16H23N3O3/c1-11-4-5-14(8-12(11)2)19-10-13(9-15(19)21)17-16(22)18(3)6-7-20/h4-5,8,13,20H,6-7,9-10H2,1-3H3,(H,17,22)/t13-/m0/s1. The van der Waals surface area contributed by atoms with E-state index >= 15 is 0 Å². The van der Waals surface area contributed by atoms with Crippen molar-refractivity contribution >= 4 is 17.6 Å². The predicted octanol–water partition coefficient (Wildman–Crippen LogP) is 1.04. The number of aliphatic hydroxyl groups excluding tert-OH is 1. The molecule has 6 heteroatoms. The Morgan fingerprint density at radius 3 is 2.77 bits per heavy atom. The summed E-state index contributed by atoms with van der Waals surface area (Å²) in [5.41, 5.74) is 3.19. The monoisotopic (exact) mass is 305 g/mol. The highest BCUT2D eigenvalue weighted by Crippen LogP contribution is 2.24. The van der Waals surface area contributed by atoms with Gasteiger partial charge < -0.3 is 20.2 Å². The molecule has 1 aliphatic rings. The van der Waals surface area contributed by atoms with Crippen molar-refractivity contribution in [2.24, 2.45) is 0 Å². The van der Waals surface area contributed by atoms with Gasteiger partial charge in [-0.2, -0.15) is 0 Å². The zero-order chi connectivity index (χ0) is 16.3. The van der Waals surface area contributed by atoms with E-state index in [0.717, 1.165) is 11.3 Å². The second kappa shape index (κ2) is 6.79. The van der Waals surface area contributed by atoms with Crippen molar-refractivity contribution in [3.05, 3.63) is 29.3 Å². The highest BCUT2D eigenvalue weighted by atomic mass is 16.3. The van der Waals surface area contributed by atoms with E-state index in [1.165, 1.54) is 10.5 Å². The number of nitrogens with zero attached hydrogens (tertiary/aromatic N) is 2. The van der Waals surface area contributed by atoms with Crippen molar-refractivity contribution in [2.75, 3.05) is 31.6 Å². The minimum atomic E-state index is -0.270. The fraction of sp³-hybridized carbons (Fsp3) is 0.500. The number of carbonyl (C=O) groups excluding carboxylic acids is 2. The molecule has 0 aliphatic carbocycles. The van der Waals surface area contributed by atoms with E-state index < -0.39 is 0 Å². The van der Waals surface area contributed by atoms with Crippen LogP contribution in [0.1, 0.15) is 17.5 Å². The van der Waals surface area contributed by atoms with Crippen LogP contribution in [0.5, 0.6) is 0 Å². The van der Waals surface area contributed by atoms with Gasteiger partial charge in [-0.1, -0.05) is 6.07 Å². The molecule has 1 aromatic carbocycles. The lowest BCUT2D eigenvalue weighted by Crippen LogP contribution is -2.45. The predicted molar refractivity (Wildman–Crippen MR) is 84.9 cm³/mol. The van der Waals surface area contributed by atoms with E-state index in [2.05, 4.69) is 5.32 Å². The summed E-state index contributed by atoms with van der Waals surface area (Å²) in [5.74, 6) is 0.0124. The van der Waals surface area contributed by atoms with Gasteiger partial charge in [0.05, 0.1) is 12.6 Å². The maximum atomic E-state index is 12.2. The largest absolute Gasteiger partial charge is 0.395 e. The number of aryl methyl sites for hydroxylation is 2. The summed E-state index contributed by atoms with van der Waals surface area (Å²) < 4.78 is 0. The first-order chi connectivity index (χ1) is 10.4. The molecular formula is C16H23N3O3. The van der Waals surface area contributed by atoms with Crippen molar-refractivity contribution in [3.63, 3.8) is 0 Å². The summed E-state index contributed by atoms with van der Waals surface area (Å²) in [4.78, 5) is 27.2. The second-order valence-corrected chi connectivity index (χ2v) is 5.77. The molecule has 0 aromatic heterocycles. The summed E-state index contributed by atoms with van der Waals surface area (Å²) in [6, 6.07) is 5.45. The molecule has 0 unspecified atom stereocenters. The molecule has 0 spiro atoms. The van der Waals surface area contributed by atoms with Gasteiger partial charge in [0.25, 0.3) is 0 Å². The van der Waals surface area contributed by atoms with Gasteiger partial charge >= 0.3 is 6.03 Å². The van der Waals surface area contributed by atoms with Crippen molar-refractivity contribution in [1.82, 2.24) is 10.2 Å². The number of rotatable bonds is 4. The molecule has 2 rings (SSSR count). The van der Waals surface area contributed by atoms with Crippen LogP contribution < -0.4 is 10.2 Å². The van der Waals surface area contributed by atoms with Gasteiger partial charge in [-0.15, -0.1) is 0 Å². The molecular weight excluding hydrogens is 282 g/mol. The Morgan fingerprint density at radius 2 is 2.14 bits per heavy atom. The lowest BCUT2D eigenvalue weighted by atomic mass is 10.1. The highest BCUT2D eigenvalue weighted by molar-refractivity contribution is 5.96. The first-order valence-electron chi connectivity index (χ1n) is 7.42. The molecule has 1 atom stereocenters. The normalized spacial score (nSPS) is 17.7. The molecule has 6 nitrogen and oxygen atoms in total. The van der Waals surface area contributed by atoms with Crippen LogP contribution in [0.25, 0.3) is 0 Å². The average Bonchev–Trinajstić information content (AvgIpc) is 2.83. The molecule has 0 saturated carbocycles. The van der Waals surface area contributed by atoms with Crippen molar-refractivity contribution in [3.8, 4) is 0 Å². The van der Waals surface area contributed by atoms with Crippen LogP contribution in [0.3, 0.4) is 0 Å². The van der Waals surface area contributed by atoms with E-state index in [1.54, 1.807) is 11.9 Å². The van der Waals surface area contributed by atoms with E-state index in [9.17, 15) is 9.59 Å². The fourth-order valence-corrected chi connectivity index (χ4v) is 2.48. The average molecular weight is 305 g/mol. The van der Waals surface area contributed by atoms with E-state index in [4.69, 9.17) is 5.11 Å². The third kappa shape index (κ3) is 3.57. The lowest BCUT2D eigenvalue weighted by Gasteiger charge is -2.21. The van der Waals surface area contributed by atoms with E-state index in [0.29, 0.717) is 13.0 Å². The molecule has 1 fully saturated rings. The van der Waals surface area contributed by atoms with Gasteiger partial charge in [-0.05, 0) is 37.1 Å². The lowest BCUT2D eigenvalue weighted by molar-refractivity contribution is -0.117. The fourth-order valence-electron chi connectivity index (χ4n) is 2.48. The van der Waals surface area contributed by atoms with Gasteiger partial charge in [-0.25, -0.2) is 4.79 Å². The number of hydrogen-bond acceptors (Lipinski definition) is 3.